The first-order valence-corrected chi connectivity index (χ1v) is 3.27. The Labute approximate surface area is 64.4 Å². The second-order valence-electron chi connectivity index (χ2n) is 2.16. The third-order valence-electron chi connectivity index (χ3n) is 1.26. The Kier molecular flexibility index (Phi) is 2.28. The Balaban J connectivity index is 2.73. The highest BCUT2D eigenvalue weighted by Crippen LogP contribution is 2.05. The highest BCUT2D eigenvalue weighted by Gasteiger charge is 2.05. The van der Waals surface area contributed by atoms with Gasteiger partial charge in [-0.2, -0.15) is 0 Å². The lowest BCUT2D eigenvalue weighted by Crippen LogP contribution is -2.09. The van der Waals surface area contributed by atoms with Gasteiger partial charge < -0.3 is 15.5 Å². The van der Waals surface area contributed by atoms with E-state index >= 15 is 0 Å². The van der Waals surface area contributed by atoms with Crippen molar-refractivity contribution >= 4 is 5.91 Å². The van der Waals surface area contributed by atoms with E-state index in [1.54, 1.807) is 19.2 Å². The molecule has 1 aromatic heterocycles. The van der Waals surface area contributed by atoms with E-state index < -0.39 is 5.91 Å². The minimum absolute atomic E-state index is 0.204. The normalized spacial score (nSPS) is 9.91. The molecule has 0 aliphatic heterocycles. The summed E-state index contributed by atoms with van der Waals surface area (Å²) in [5.74, 6) is 0.379. The molecule has 0 unspecified atom stereocenters. The Morgan fingerprint density at radius 3 is 2.91 bits per heavy atom. The second-order valence-corrected chi connectivity index (χ2v) is 2.16. The van der Waals surface area contributed by atoms with E-state index in [1.807, 2.05) is 0 Å². The summed E-state index contributed by atoms with van der Waals surface area (Å²) >= 11 is 0. The number of carbonyl (C=O) groups is 1. The fourth-order valence-electron chi connectivity index (χ4n) is 0.780. The second kappa shape index (κ2) is 3.21. The molecule has 0 saturated heterocycles. The van der Waals surface area contributed by atoms with Gasteiger partial charge in [0.1, 0.15) is 5.76 Å². The van der Waals surface area contributed by atoms with Crippen LogP contribution in [0.5, 0.6) is 0 Å². The minimum atomic E-state index is -0.535. The molecule has 0 aromatic carbocycles. The average molecular weight is 154 g/mol. The van der Waals surface area contributed by atoms with Crippen LogP contribution in [0, 0.1) is 0 Å². The summed E-state index contributed by atoms with van der Waals surface area (Å²) in [7, 11) is 1.80. The van der Waals surface area contributed by atoms with Crippen LogP contribution in [0.15, 0.2) is 16.5 Å². The Morgan fingerprint density at radius 1 is 1.73 bits per heavy atom. The van der Waals surface area contributed by atoms with Crippen LogP contribution in [-0.4, -0.2) is 13.0 Å². The van der Waals surface area contributed by atoms with E-state index in [-0.39, 0.29) is 5.76 Å². The van der Waals surface area contributed by atoms with Gasteiger partial charge in [-0.1, -0.05) is 0 Å². The maximum atomic E-state index is 10.5. The van der Waals surface area contributed by atoms with Crippen molar-refractivity contribution < 1.29 is 9.21 Å². The number of furan rings is 1. The van der Waals surface area contributed by atoms with Crippen LogP contribution in [0.1, 0.15) is 16.3 Å². The van der Waals surface area contributed by atoms with Gasteiger partial charge in [0.15, 0.2) is 5.76 Å². The van der Waals surface area contributed by atoms with Crippen molar-refractivity contribution in [2.24, 2.45) is 5.73 Å². The van der Waals surface area contributed by atoms with Gasteiger partial charge in [-0.3, -0.25) is 4.79 Å². The zero-order valence-corrected chi connectivity index (χ0v) is 6.26. The van der Waals surface area contributed by atoms with Crippen LogP contribution in [0.25, 0.3) is 0 Å². The van der Waals surface area contributed by atoms with Gasteiger partial charge in [-0.05, 0) is 19.2 Å². The van der Waals surface area contributed by atoms with E-state index in [0.717, 1.165) is 0 Å². The first-order valence-electron chi connectivity index (χ1n) is 3.27. The summed E-state index contributed by atoms with van der Waals surface area (Å²) in [6.07, 6.45) is 0. The van der Waals surface area contributed by atoms with E-state index in [9.17, 15) is 4.79 Å². The molecule has 0 saturated carbocycles. The summed E-state index contributed by atoms with van der Waals surface area (Å²) in [6, 6.07) is 3.28. The van der Waals surface area contributed by atoms with Gasteiger partial charge in [-0.15, -0.1) is 0 Å². The quantitative estimate of drug-likeness (QED) is 0.648. The number of primary amides is 1. The molecule has 1 rings (SSSR count). The summed E-state index contributed by atoms with van der Waals surface area (Å²) in [5.41, 5.74) is 4.97. The Morgan fingerprint density at radius 2 is 2.45 bits per heavy atom. The van der Waals surface area contributed by atoms with Crippen LogP contribution in [-0.2, 0) is 6.54 Å². The predicted octanol–water partition coefficient (Wildman–Crippen LogP) is 0.0979. The number of rotatable bonds is 3. The molecule has 0 fully saturated rings. The molecule has 4 heteroatoms. The van der Waals surface area contributed by atoms with Gasteiger partial charge in [0.2, 0.25) is 0 Å². The van der Waals surface area contributed by atoms with Gasteiger partial charge in [0, 0.05) is 0 Å². The first-order chi connectivity index (χ1) is 5.24. The lowest BCUT2D eigenvalue weighted by Gasteiger charge is -1.91. The summed E-state index contributed by atoms with van der Waals surface area (Å²) in [5, 5.41) is 2.89. The number of hydrogen-bond acceptors (Lipinski definition) is 3. The van der Waals surface area contributed by atoms with Crippen molar-refractivity contribution in [2.45, 2.75) is 6.54 Å². The van der Waals surface area contributed by atoms with E-state index in [0.29, 0.717) is 12.3 Å². The zero-order chi connectivity index (χ0) is 8.27. The van der Waals surface area contributed by atoms with Crippen molar-refractivity contribution in [3.05, 3.63) is 23.7 Å². The van der Waals surface area contributed by atoms with Crippen molar-refractivity contribution in [1.82, 2.24) is 5.32 Å². The molecule has 0 atom stereocenters. The van der Waals surface area contributed by atoms with Gasteiger partial charge in [-0.25, -0.2) is 0 Å². The fraction of sp³-hybridized carbons (Fsp3) is 0.286. The summed E-state index contributed by atoms with van der Waals surface area (Å²) in [4.78, 5) is 10.5. The van der Waals surface area contributed by atoms with Crippen LogP contribution >= 0.6 is 0 Å². The van der Waals surface area contributed by atoms with Gasteiger partial charge >= 0.3 is 0 Å². The zero-order valence-electron chi connectivity index (χ0n) is 6.26. The highest BCUT2D eigenvalue weighted by atomic mass is 16.3. The number of amides is 1. The molecule has 1 heterocycles. The SMILES string of the molecule is CNCc1ccc(C(N)=O)o1. The first kappa shape index (κ1) is 7.81. The monoisotopic (exact) mass is 154 g/mol. The molecule has 3 N–H and O–H groups in total. The van der Waals surface area contributed by atoms with Crippen LogP contribution in [0.2, 0.25) is 0 Å². The third kappa shape index (κ3) is 1.81. The smallest absolute Gasteiger partial charge is 0.284 e. The Hall–Kier alpha value is -1.29. The number of hydrogen-bond donors (Lipinski definition) is 2. The number of nitrogens with two attached hydrogens (primary N) is 1. The van der Waals surface area contributed by atoms with E-state index in [2.05, 4.69) is 5.32 Å². The molecule has 0 bridgehead atoms. The summed E-state index contributed by atoms with van der Waals surface area (Å²) in [6.45, 7) is 0.604. The largest absolute Gasteiger partial charge is 0.455 e. The molecule has 4 nitrogen and oxygen atoms in total. The van der Waals surface area contributed by atoms with Crippen molar-refractivity contribution in [3.8, 4) is 0 Å². The Bertz CT molecular complexity index is 255. The molecular formula is C7H10N2O2. The summed E-state index contributed by atoms with van der Waals surface area (Å²) < 4.78 is 5.05. The predicted molar refractivity (Wildman–Crippen MR) is 40.0 cm³/mol. The van der Waals surface area contributed by atoms with Crippen molar-refractivity contribution in [2.75, 3.05) is 7.05 Å². The van der Waals surface area contributed by atoms with Gasteiger partial charge in [0.25, 0.3) is 5.91 Å². The maximum absolute atomic E-state index is 10.5. The van der Waals surface area contributed by atoms with Crippen molar-refractivity contribution in [3.63, 3.8) is 0 Å². The van der Waals surface area contributed by atoms with Crippen molar-refractivity contribution in [1.29, 1.82) is 0 Å². The molecule has 0 radical (unpaired) electrons. The standard InChI is InChI=1S/C7H10N2O2/c1-9-4-5-2-3-6(11-5)7(8)10/h2-3,9H,4H2,1H3,(H2,8,10). The molecule has 60 valence electrons. The molecule has 1 amide bonds. The van der Waals surface area contributed by atoms with Gasteiger partial charge in [0.05, 0.1) is 6.54 Å². The fourth-order valence-corrected chi connectivity index (χ4v) is 0.780. The lowest BCUT2D eigenvalue weighted by atomic mass is 10.4. The van der Waals surface area contributed by atoms with Crippen LogP contribution in [0.3, 0.4) is 0 Å². The number of nitrogens with one attached hydrogen (secondary N) is 1. The van der Waals surface area contributed by atoms with Crippen LogP contribution < -0.4 is 11.1 Å². The van der Waals surface area contributed by atoms with Crippen LogP contribution in [0.4, 0.5) is 0 Å². The number of carbonyl (C=O) groups excluding carboxylic acids is 1. The highest BCUT2D eigenvalue weighted by molar-refractivity contribution is 5.89. The third-order valence-corrected chi connectivity index (χ3v) is 1.26. The molecule has 0 aliphatic carbocycles. The molecule has 0 spiro atoms. The average Bonchev–Trinajstić information content (AvgIpc) is 2.37. The molecular weight excluding hydrogens is 144 g/mol. The van der Waals surface area contributed by atoms with E-state index in [4.69, 9.17) is 10.2 Å². The molecule has 0 aliphatic rings. The molecule has 1 aromatic rings. The maximum Gasteiger partial charge on any atom is 0.284 e. The lowest BCUT2D eigenvalue weighted by molar-refractivity contribution is 0.0972. The molecule has 11 heavy (non-hydrogen) atoms. The topological polar surface area (TPSA) is 68.3 Å². The van der Waals surface area contributed by atoms with E-state index in [1.165, 1.54) is 0 Å². The minimum Gasteiger partial charge on any atom is -0.455 e.